The van der Waals surface area contributed by atoms with Gasteiger partial charge in [-0.3, -0.25) is 4.79 Å². The lowest BCUT2D eigenvalue weighted by atomic mass is 10.0. The molecular weight excluding hydrogens is 340 g/mol. The van der Waals surface area contributed by atoms with Gasteiger partial charge in [0.15, 0.2) is 0 Å². The van der Waals surface area contributed by atoms with E-state index in [0.717, 1.165) is 5.56 Å². The van der Waals surface area contributed by atoms with Gasteiger partial charge in [0.25, 0.3) is 5.91 Å². The van der Waals surface area contributed by atoms with E-state index in [2.05, 4.69) is 5.32 Å². The van der Waals surface area contributed by atoms with Crippen LogP contribution in [0.2, 0.25) is 5.02 Å². The lowest BCUT2D eigenvalue weighted by Crippen LogP contribution is -2.43. The summed E-state index contributed by atoms with van der Waals surface area (Å²) in [5, 5.41) is 3.35. The third-order valence-electron chi connectivity index (χ3n) is 3.94. The first-order valence-electron chi connectivity index (χ1n) is 7.25. The maximum absolute atomic E-state index is 12.4. The van der Waals surface area contributed by atoms with Crippen LogP contribution in [0.5, 0.6) is 0 Å². The molecule has 2 atom stereocenters. The number of rotatable bonds is 5. The Hall–Kier alpha value is -1.15. The fourth-order valence-corrected chi connectivity index (χ4v) is 3.77. The van der Waals surface area contributed by atoms with E-state index in [1.165, 1.54) is 18.4 Å². The van der Waals surface area contributed by atoms with Crippen LogP contribution in [0.1, 0.15) is 15.9 Å². The molecule has 2 rings (SSSR count). The number of hydrogen-bond acceptors (Lipinski definition) is 4. The molecule has 1 saturated heterocycles. The summed E-state index contributed by atoms with van der Waals surface area (Å²) in [6.45, 7) is 2.44. The summed E-state index contributed by atoms with van der Waals surface area (Å²) in [7, 11) is -0.361. The van der Waals surface area contributed by atoms with E-state index in [1.807, 2.05) is 6.92 Å². The smallest absolute Gasteiger partial charge is 0.251 e. The Morgan fingerprint density at radius 1 is 1.39 bits per heavy atom. The molecule has 2 unspecified atom stereocenters. The number of carbonyl (C=O) groups is 1. The van der Waals surface area contributed by atoms with Crippen molar-refractivity contribution < 1.29 is 17.9 Å². The van der Waals surface area contributed by atoms with Crippen molar-refractivity contribution in [3.05, 3.63) is 34.3 Å². The highest BCUT2D eigenvalue weighted by molar-refractivity contribution is 7.89. The van der Waals surface area contributed by atoms with Gasteiger partial charge >= 0.3 is 0 Å². The van der Waals surface area contributed by atoms with Crippen molar-refractivity contribution in [3.8, 4) is 0 Å². The van der Waals surface area contributed by atoms with E-state index in [0.29, 0.717) is 23.8 Å². The molecule has 1 aliphatic heterocycles. The molecule has 1 aliphatic rings. The first kappa shape index (κ1) is 18.2. The highest BCUT2D eigenvalue weighted by Gasteiger charge is 2.34. The number of aryl methyl sites for hydroxylation is 1. The van der Waals surface area contributed by atoms with Crippen molar-refractivity contribution in [2.45, 2.75) is 13.0 Å². The summed E-state index contributed by atoms with van der Waals surface area (Å²) in [4.78, 5) is 12.4. The minimum Gasteiger partial charge on any atom is -0.379 e. The van der Waals surface area contributed by atoms with E-state index >= 15 is 0 Å². The summed E-state index contributed by atoms with van der Waals surface area (Å²) < 4.78 is 30.6. The Labute approximate surface area is 141 Å². The average Bonchev–Trinajstić information content (AvgIpc) is 2.87. The van der Waals surface area contributed by atoms with Crippen LogP contribution in [0, 0.1) is 12.8 Å². The zero-order chi connectivity index (χ0) is 17.2. The van der Waals surface area contributed by atoms with Crippen LogP contribution in [-0.2, 0) is 14.8 Å². The Morgan fingerprint density at radius 2 is 2.09 bits per heavy atom. The van der Waals surface area contributed by atoms with E-state index in [4.69, 9.17) is 16.3 Å². The maximum Gasteiger partial charge on any atom is 0.251 e. The number of benzene rings is 1. The molecule has 23 heavy (non-hydrogen) atoms. The van der Waals surface area contributed by atoms with Crippen LogP contribution in [-0.4, -0.2) is 57.7 Å². The third-order valence-corrected chi connectivity index (χ3v) is 6.14. The number of nitrogens with one attached hydrogen (secondary N) is 1. The van der Waals surface area contributed by atoms with Crippen molar-refractivity contribution >= 4 is 27.5 Å². The minimum atomic E-state index is -3.35. The monoisotopic (exact) mass is 360 g/mol. The number of amides is 1. The van der Waals surface area contributed by atoms with Gasteiger partial charge in [-0.25, -0.2) is 12.7 Å². The number of halogens is 1. The van der Waals surface area contributed by atoms with Gasteiger partial charge in [0.05, 0.1) is 25.0 Å². The molecule has 1 heterocycles. The van der Waals surface area contributed by atoms with Crippen LogP contribution in [0.4, 0.5) is 0 Å². The number of hydrogen-bond donors (Lipinski definition) is 1. The van der Waals surface area contributed by atoms with Crippen molar-refractivity contribution in [2.24, 2.45) is 5.92 Å². The molecular formula is C15H21ClN2O4S. The maximum atomic E-state index is 12.4. The van der Waals surface area contributed by atoms with Gasteiger partial charge in [-0.05, 0) is 24.6 Å². The standard InChI is InChI=1S/C15H21ClN2O4S/c1-10-4-5-12(16)6-13(10)15(19)17-14-8-22-7-11(14)9-23(20,21)18(2)3/h4-6,11,14H,7-9H2,1-3H3,(H,17,19). The minimum absolute atomic E-state index is 0.0561. The molecule has 128 valence electrons. The molecule has 0 bridgehead atoms. The normalized spacial score (nSPS) is 21.6. The zero-order valence-electron chi connectivity index (χ0n) is 13.4. The fourth-order valence-electron chi connectivity index (χ4n) is 2.43. The number of nitrogens with zero attached hydrogens (tertiary/aromatic N) is 1. The SMILES string of the molecule is Cc1ccc(Cl)cc1C(=O)NC1COCC1CS(=O)(=O)N(C)C. The van der Waals surface area contributed by atoms with Crippen LogP contribution in [0.25, 0.3) is 0 Å². The average molecular weight is 361 g/mol. The second kappa shape index (κ2) is 7.17. The van der Waals surface area contributed by atoms with E-state index in [-0.39, 0.29) is 23.6 Å². The van der Waals surface area contributed by atoms with Crippen LogP contribution >= 0.6 is 11.6 Å². The predicted molar refractivity (Wildman–Crippen MR) is 89.2 cm³/mol. The molecule has 0 radical (unpaired) electrons. The molecule has 1 amide bonds. The molecule has 0 spiro atoms. The molecule has 1 fully saturated rings. The number of ether oxygens (including phenoxy) is 1. The highest BCUT2D eigenvalue weighted by Crippen LogP contribution is 2.20. The molecule has 0 aromatic heterocycles. The number of sulfonamides is 1. The van der Waals surface area contributed by atoms with Crippen molar-refractivity contribution in [1.29, 1.82) is 0 Å². The summed E-state index contributed by atoms with van der Waals surface area (Å²) in [5.41, 5.74) is 1.29. The van der Waals surface area contributed by atoms with Crippen LogP contribution in [0.15, 0.2) is 18.2 Å². The molecule has 1 N–H and O–H groups in total. The van der Waals surface area contributed by atoms with Gasteiger partial charge in [0.1, 0.15) is 0 Å². The van der Waals surface area contributed by atoms with E-state index in [9.17, 15) is 13.2 Å². The lowest BCUT2D eigenvalue weighted by Gasteiger charge is -2.21. The Morgan fingerprint density at radius 3 is 2.74 bits per heavy atom. The van der Waals surface area contributed by atoms with Crippen molar-refractivity contribution in [3.63, 3.8) is 0 Å². The largest absolute Gasteiger partial charge is 0.379 e. The summed E-state index contributed by atoms with van der Waals surface area (Å²) in [5.74, 6) is -0.599. The van der Waals surface area contributed by atoms with Gasteiger partial charge in [-0.1, -0.05) is 17.7 Å². The Kier molecular flexibility index (Phi) is 5.67. The molecule has 1 aromatic carbocycles. The Bertz CT molecular complexity index is 691. The fraction of sp³-hybridized carbons (Fsp3) is 0.533. The third kappa shape index (κ3) is 4.44. The highest BCUT2D eigenvalue weighted by atomic mass is 35.5. The topological polar surface area (TPSA) is 75.7 Å². The van der Waals surface area contributed by atoms with Crippen molar-refractivity contribution in [2.75, 3.05) is 33.1 Å². The summed E-state index contributed by atoms with van der Waals surface area (Å²) in [6.07, 6.45) is 0. The molecule has 0 aliphatic carbocycles. The zero-order valence-corrected chi connectivity index (χ0v) is 14.9. The summed E-state index contributed by atoms with van der Waals surface area (Å²) in [6, 6.07) is 4.76. The lowest BCUT2D eigenvalue weighted by molar-refractivity contribution is 0.0925. The van der Waals surface area contributed by atoms with E-state index < -0.39 is 10.0 Å². The van der Waals surface area contributed by atoms with Gasteiger partial charge in [-0.15, -0.1) is 0 Å². The quantitative estimate of drug-likeness (QED) is 0.858. The first-order valence-corrected chi connectivity index (χ1v) is 9.24. The second-order valence-corrected chi connectivity index (χ2v) is 8.56. The van der Waals surface area contributed by atoms with Gasteiger partial charge < -0.3 is 10.1 Å². The Balaban J connectivity index is 2.09. The van der Waals surface area contributed by atoms with Gasteiger partial charge in [0.2, 0.25) is 10.0 Å². The molecule has 0 saturated carbocycles. The van der Waals surface area contributed by atoms with E-state index in [1.54, 1.807) is 18.2 Å². The predicted octanol–water partition coefficient (Wildman–Crippen LogP) is 1.28. The molecule has 1 aromatic rings. The molecule has 6 nitrogen and oxygen atoms in total. The first-order chi connectivity index (χ1) is 10.7. The van der Waals surface area contributed by atoms with Crippen LogP contribution in [0.3, 0.4) is 0 Å². The number of carbonyl (C=O) groups excluding carboxylic acids is 1. The second-order valence-electron chi connectivity index (χ2n) is 5.90. The van der Waals surface area contributed by atoms with Gasteiger partial charge in [-0.2, -0.15) is 0 Å². The van der Waals surface area contributed by atoms with Crippen molar-refractivity contribution in [1.82, 2.24) is 9.62 Å². The molecule has 8 heteroatoms. The van der Waals surface area contributed by atoms with Gasteiger partial charge in [0, 0.05) is 30.6 Å². The summed E-state index contributed by atoms with van der Waals surface area (Å²) >= 11 is 5.94. The van der Waals surface area contributed by atoms with Crippen LogP contribution < -0.4 is 5.32 Å².